The van der Waals surface area contributed by atoms with Crippen molar-refractivity contribution in [1.82, 2.24) is 10.2 Å². The molecule has 1 aliphatic carbocycles. The molecule has 2 aliphatic rings. The van der Waals surface area contributed by atoms with Crippen LogP contribution in [-0.4, -0.2) is 29.6 Å². The van der Waals surface area contributed by atoms with E-state index >= 15 is 0 Å². The van der Waals surface area contributed by atoms with E-state index in [1.165, 1.54) is 37.8 Å². The Morgan fingerprint density at radius 3 is 2.55 bits per heavy atom. The monoisotopic (exact) mass is 272 g/mol. The van der Waals surface area contributed by atoms with E-state index < -0.39 is 0 Å². The Balaban J connectivity index is 1.75. The maximum absolute atomic E-state index is 3.90. The summed E-state index contributed by atoms with van der Waals surface area (Å²) in [6, 6.07) is 11.6. The summed E-state index contributed by atoms with van der Waals surface area (Å²) in [5, 5.41) is 3.90. The lowest BCUT2D eigenvalue weighted by atomic mass is 9.88. The number of piperazine rings is 1. The zero-order valence-electron chi connectivity index (χ0n) is 12.9. The first kappa shape index (κ1) is 14.1. The van der Waals surface area contributed by atoms with Crippen molar-refractivity contribution < 1.29 is 0 Å². The predicted octanol–water partition coefficient (Wildman–Crippen LogP) is 3.43. The second kappa shape index (κ2) is 5.87. The molecule has 1 aliphatic heterocycles. The lowest BCUT2D eigenvalue weighted by Crippen LogP contribution is -2.63. The Morgan fingerprint density at radius 2 is 1.90 bits per heavy atom. The standard InChI is InChI=1S/C18H28N2/c1-15(2)17-12-19-18(10-6-7-11-18)14-20(17)13-16-8-4-3-5-9-16/h3-5,8-9,15,17,19H,6-7,10-14H2,1-2H3. The summed E-state index contributed by atoms with van der Waals surface area (Å²) in [7, 11) is 0. The van der Waals surface area contributed by atoms with Crippen molar-refractivity contribution in [3.63, 3.8) is 0 Å². The first-order valence-electron chi connectivity index (χ1n) is 8.22. The zero-order valence-corrected chi connectivity index (χ0v) is 12.9. The first-order valence-corrected chi connectivity index (χ1v) is 8.22. The molecular weight excluding hydrogens is 244 g/mol. The quantitative estimate of drug-likeness (QED) is 0.907. The van der Waals surface area contributed by atoms with Crippen LogP contribution < -0.4 is 5.32 Å². The van der Waals surface area contributed by atoms with Crippen LogP contribution in [0.1, 0.15) is 45.1 Å². The van der Waals surface area contributed by atoms with Crippen LogP contribution >= 0.6 is 0 Å². The number of hydrogen-bond donors (Lipinski definition) is 1. The average Bonchev–Trinajstić information content (AvgIpc) is 2.88. The number of nitrogens with one attached hydrogen (secondary N) is 1. The van der Waals surface area contributed by atoms with Gasteiger partial charge in [0, 0.05) is 31.2 Å². The van der Waals surface area contributed by atoms with Crippen LogP contribution in [0.5, 0.6) is 0 Å². The molecule has 1 unspecified atom stereocenters. The van der Waals surface area contributed by atoms with E-state index in [0.29, 0.717) is 17.5 Å². The number of hydrogen-bond acceptors (Lipinski definition) is 2. The summed E-state index contributed by atoms with van der Waals surface area (Å²) in [5.41, 5.74) is 1.87. The van der Waals surface area contributed by atoms with Crippen LogP contribution in [0.15, 0.2) is 30.3 Å². The molecule has 1 atom stereocenters. The van der Waals surface area contributed by atoms with Crippen LogP contribution in [0.3, 0.4) is 0 Å². The molecule has 20 heavy (non-hydrogen) atoms. The summed E-state index contributed by atoms with van der Waals surface area (Å²) < 4.78 is 0. The minimum atomic E-state index is 0.417. The van der Waals surface area contributed by atoms with Crippen molar-refractivity contribution in [1.29, 1.82) is 0 Å². The van der Waals surface area contributed by atoms with E-state index in [4.69, 9.17) is 0 Å². The summed E-state index contributed by atoms with van der Waals surface area (Å²) in [6.07, 6.45) is 5.53. The Hall–Kier alpha value is -0.860. The van der Waals surface area contributed by atoms with Gasteiger partial charge in [-0.1, -0.05) is 57.0 Å². The van der Waals surface area contributed by atoms with Gasteiger partial charge in [-0.2, -0.15) is 0 Å². The van der Waals surface area contributed by atoms with Gasteiger partial charge in [-0.25, -0.2) is 0 Å². The first-order chi connectivity index (χ1) is 9.69. The van der Waals surface area contributed by atoms with Gasteiger partial charge in [0.05, 0.1) is 0 Å². The third-order valence-electron chi connectivity index (χ3n) is 5.22. The molecule has 2 heteroatoms. The lowest BCUT2D eigenvalue weighted by Gasteiger charge is -2.48. The smallest absolute Gasteiger partial charge is 0.0309 e. The van der Waals surface area contributed by atoms with Crippen LogP contribution in [0.2, 0.25) is 0 Å². The lowest BCUT2D eigenvalue weighted by molar-refractivity contribution is 0.0507. The molecule has 1 aromatic carbocycles. The van der Waals surface area contributed by atoms with Gasteiger partial charge in [0.15, 0.2) is 0 Å². The Bertz CT molecular complexity index is 420. The highest BCUT2D eigenvalue weighted by molar-refractivity contribution is 5.15. The minimum absolute atomic E-state index is 0.417. The minimum Gasteiger partial charge on any atom is -0.308 e. The third kappa shape index (κ3) is 2.91. The maximum Gasteiger partial charge on any atom is 0.0309 e. The highest BCUT2D eigenvalue weighted by Gasteiger charge is 2.41. The molecule has 3 rings (SSSR count). The second-order valence-corrected chi connectivity index (χ2v) is 7.07. The molecule has 0 radical (unpaired) electrons. The second-order valence-electron chi connectivity index (χ2n) is 7.07. The Kier molecular flexibility index (Phi) is 4.13. The maximum atomic E-state index is 3.90. The largest absolute Gasteiger partial charge is 0.308 e. The van der Waals surface area contributed by atoms with Crippen molar-refractivity contribution in [3.8, 4) is 0 Å². The molecule has 2 fully saturated rings. The molecule has 0 bridgehead atoms. The SMILES string of the molecule is CC(C)C1CNC2(CCCC2)CN1Cc1ccccc1. The van der Waals surface area contributed by atoms with E-state index in [2.05, 4.69) is 54.4 Å². The highest BCUT2D eigenvalue weighted by atomic mass is 15.3. The number of benzene rings is 1. The third-order valence-corrected chi connectivity index (χ3v) is 5.22. The van der Waals surface area contributed by atoms with Crippen molar-refractivity contribution in [2.45, 2.75) is 57.7 Å². The molecule has 1 heterocycles. The van der Waals surface area contributed by atoms with Gasteiger partial charge in [-0.05, 0) is 24.3 Å². The van der Waals surface area contributed by atoms with E-state index in [-0.39, 0.29) is 0 Å². The Labute approximate surface area is 123 Å². The fourth-order valence-corrected chi connectivity index (χ4v) is 4.05. The van der Waals surface area contributed by atoms with Crippen molar-refractivity contribution in [3.05, 3.63) is 35.9 Å². The normalized spacial score (nSPS) is 26.4. The molecule has 1 saturated heterocycles. The topological polar surface area (TPSA) is 15.3 Å². The predicted molar refractivity (Wildman–Crippen MR) is 84.7 cm³/mol. The van der Waals surface area contributed by atoms with E-state index in [1.54, 1.807) is 0 Å². The zero-order chi connectivity index (χ0) is 14.0. The van der Waals surface area contributed by atoms with Crippen LogP contribution in [0, 0.1) is 5.92 Å². The molecule has 1 spiro atoms. The van der Waals surface area contributed by atoms with Gasteiger partial charge >= 0.3 is 0 Å². The molecular formula is C18H28N2. The van der Waals surface area contributed by atoms with Gasteiger partial charge in [0.2, 0.25) is 0 Å². The average molecular weight is 272 g/mol. The molecule has 110 valence electrons. The summed E-state index contributed by atoms with van der Waals surface area (Å²) >= 11 is 0. The summed E-state index contributed by atoms with van der Waals surface area (Å²) in [4.78, 5) is 2.74. The molecule has 1 N–H and O–H groups in total. The van der Waals surface area contributed by atoms with Crippen molar-refractivity contribution in [2.75, 3.05) is 13.1 Å². The summed E-state index contributed by atoms with van der Waals surface area (Å²) in [6.45, 7) is 8.20. The fourth-order valence-electron chi connectivity index (χ4n) is 4.05. The fraction of sp³-hybridized carbons (Fsp3) is 0.667. The van der Waals surface area contributed by atoms with E-state index in [0.717, 1.165) is 13.1 Å². The molecule has 1 saturated carbocycles. The van der Waals surface area contributed by atoms with Gasteiger partial charge in [-0.3, -0.25) is 4.90 Å². The van der Waals surface area contributed by atoms with Crippen LogP contribution in [-0.2, 0) is 6.54 Å². The van der Waals surface area contributed by atoms with Crippen molar-refractivity contribution >= 4 is 0 Å². The van der Waals surface area contributed by atoms with Gasteiger partial charge in [0.1, 0.15) is 0 Å². The van der Waals surface area contributed by atoms with Crippen molar-refractivity contribution in [2.24, 2.45) is 5.92 Å². The van der Waals surface area contributed by atoms with Crippen LogP contribution in [0.25, 0.3) is 0 Å². The van der Waals surface area contributed by atoms with E-state index in [9.17, 15) is 0 Å². The molecule has 1 aromatic rings. The highest BCUT2D eigenvalue weighted by Crippen LogP contribution is 2.34. The summed E-state index contributed by atoms with van der Waals surface area (Å²) in [5.74, 6) is 0.713. The molecule has 2 nitrogen and oxygen atoms in total. The number of rotatable bonds is 3. The van der Waals surface area contributed by atoms with Gasteiger partial charge in [-0.15, -0.1) is 0 Å². The van der Waals surface area contributed by atoms with Gasteiger partial charge in [0.25, 0.3) is 0 Å². The number of nitrogens with zero attached hydrogens (tertiary/aromatic N) is 1. The Morgan fingerprint density at radius 1 is 1.20 bits per heavy atom. The van der Waals surface area contributed by atoms with Crippen LogP contribution in [0.4, 0.5) is 0 Å². The molecule has 0 amide bonds. The van der Waals surface area contributed by atoms with E-state index in [1.807, 2.05) is 0 Å². The van der Waals surface area contributed by atoms with Gasteiger partial charge < -0.3 is 5.32 Å². The molecule has 0 aromatic heterocycles.